The number of ketones is 1. The van der Waals surface area contributed by atoms with E-state index in [1.807, 2.05) is 0 Å². The van der Waals surface area contributed by atoms with Gasteiger partial charge in [0.15, 0.2) is 17.3 Å². The fraction of sp³-hybridized carbons (Fsp3) is 0.562. The molecule has 1 aromatic carbocycles. The van der Waals surface area contributed by atoms with Crippen LogP contribution >= 0.6 is 15.9 Å². The molecule has 0 unspecified atom stereocenters. The van der Waals surface area contributed by atoms with Gasteiger partial charge in [0.2, 0.25) is 0 Å². The second-order valence-corrected chi connectivity index (χ2v) is 5.65. The smallest absolute Gasteiger partial charge is 0.166 e. The van der Waals surface area contributed by atoms with Crippen LogP contribution in [0.2, 0.25) is 0 Å². The highest BCUT2D eigenvalue weighted by molar-refractivity contribution is 9.09. The van der Waals surface area contributed by atoms with E-state index in [2.05, 4.69) is 15.9 Å². The number of halogens is 1. The Morgan fingerprint density at radius 2 is 1.62 bits per heavy atom. The van der Waals surface area contributed by atoms with E-state index in [1.165, 1.54) is 33.1 Å². The highest BCUT2D eigenvalue weighted by atomic mass is 79.9. The topological polar surface area (TPSA) is 55.8 Å². The van der Waals surface area contributed by atoms with Crippen LogP contribution in [-0.4, -0.2) is 30.4 Å². The molecule has 0 amide bonds. The highest BCUT2D eigenvalue weighted by Crippen LogP contribution is 2.34. The minimum absolute atomic E-state index is 0.0584. The highest BCUT2D eigenvalue weighted by Gasteiger charge is 2.16. The number of carbonyl (C=O) groups is 1. The Hall–Kier alpha value is -1.23. The number of aromatic hydroxyl groups is 1. The Morgan fingerprint density at radius 3 is 2.24 bits per heavy atom. The molecule has 1 rings (SSSR count). The summed E-state index contributed by atoms with van der Waals surface area (Å²) in [4.78, 5) is 12.2. The van der Waals surface area contributed by atoms with Gasteiger partial charge in [-0.2, -0.15) is 0 Å². The number of unbranched alkanes of at least 4 members (excludes halogenated alkanes) is 4. The predicted molar refractivity (Wildman–Crippen MR) is 87.0 cm³/mol. The number of hydrogen-bond donors (Lipinski definition) is 1. The quantitative estimate of drug-likeness (QED) is 0.384. The normalized spacial score (nSPS) is 10.4. The molecule has 0 saturated carbocycles. The molecule has 0 spiro atoms. The van der Waals surface area contributed by atoms with Crippen LogP contribution < -0.4 is 9.47 Å². The van der Waals surface area contributed by atoms with Crippen LogP contribution in [0.5, 0.6) is 17.2 Å². The van der Waals surface area contributed by atoms with Crippen molar-refractivity contribution in [3.63, 3.8) is 0 Å². The summed E-state index contributed by atoms with van der Waals surface area (Å²) in [5, 5.41) is 11.0. The number of hydrogen-bond acceptors (Lipinski definition) is 4. The lowest BCUT2D eigenvalue weighted by Crippen LogP contribution is -2.01. The Bertz CT molecular complexity index is 460. The van der Waals surface area contributed by atoms with Gasteiger partial charge in [0.25, 0.3) is 0 Å². The summed E-state index contributed by atoms with van der Waals surface area (Å²) in [7, 11) is 3.00. The number of carbonyl (C=O) groups excluding carboxylic acids is 1. The number of methoxy groups -OCH3 is 2. The molecule has 0 heterocycles. The molecule has 0 saturated heterocycles. The molecule has 0 aliphatic heterocycles. The van der Waals surface area contributed by atoms with Crippen LogP contribution in [0.1, 0.15) is 48.9 Å². The number of alkyl halides is 1. The van der Waals surface area contributed by atoms with Gasteiger partial charge in [-0.1, -0.05) is 35.2 Å². The van der Waals surface area contributed by atoms with Crippen molar-refractivity contribution in [3.8, 4) is 17.2 Å². The summed E-state index contributed by atoms with van der Waals surface area (Å²) >= 11 is 3.40. The first-order chi connectivity index (χ1) is 10.1. The maximum absolute atomic E-state index is 12.2. The monoisotopic (exact) mass is 358 g/mol. The summed E-state index contributed by atoms with van der Waals surface area (Å²) in [6, 6.07) is 2.96. The zero-order valence-electron chi connectivity index (χ0n) is 12.7. The van der Waals surface area contributed by atoms with E-state index in [1.54, 1.807) is 6.07 Å². The van der Waals surface area contributed by atoms with Crippen LogP contribution in [0.3, 0.4) is 0 Å². The van der Waals surface area contributed by atoms with Gasteiger partial charge in [0, 0.05) is 17.8 Å². The van der Waals surface area contributed by atoms with Crippen molar-refractivity contribution in [2.75, 3.05) is 19.5 Å². The molecule has 0 aromatic heterocycles. The minimum atomic E-state index is -0.0612. The van der Waals surface area contributed by atoms with Gasteiger partial charge in [-0.3, -0.25) is 4.79 Å². The predicted octanol–water partition coefficient (Wildman–Crippen LogP) is 4.33. The van der Waals surface area contributed by atoms with Crippen molar-refractivity contribution >= 4 is 21.7 Å². The molecule has 0 atom stereocenters. The Labute approximate surface area is 134 Å². The number of phenols is 1. The molecule has 0 aliphatic carbocycles. The molecule has 1 N–H and O–H groups in total. The van der Waals surface area contributed by atoms with Gasteiger partial charge in [0.05, 0.1) is 19.8 Å². The van der Waals surface area contributed by atoms with Gasteiger partial charge < -0.3 is 14.6 Å². The molecule has 21 heavy (non-hydrogen) atoms. The average molecular weight is 359 g/mol. The van der Waals surface area contributed by atoms with Crippen molar-refractivity contribution in [2.24, 2.45) is 0 Å². The molecule has 0 radical (unpaired) electrons. The Balaban J connectivity index is 2.57. The van der Waals surface area contributed by atoms with E-state index in [9.17, 15) is 9.90 Å². The SMILES string of the molecule is COc1cc(O)c(C(=O)CCCCCCCBr)cc1OC. The van der Waals surface area contributed by atoms with E-state index >= 15 is 0 Å². The molecule has 0 fully saturated rings. The van der Waals surface area contributed by atoms with Crippen molar-refractivity contribution in [3.05, 3.63) is 17.7 Å². The molecule has 5 heteroatoms. The molecule has 0 bridgehead atoms. The largest absolute Gasteiger partial charge is 0.507 e. The molecular formula is C16H23BrO4. The second kappa shape index (κ2) is 9.66. The van der Waals surface area contributed by atoms with E-state index in [-0.39, 0.29) is 11.5 Å². The first-order valence-electron chi connectivity index (χ1n) is 7.18. The summed E-state index contributed by atoms with van der Waals surface area (Å²) in [5.74, 6) is 0.753. The lowest BCUT2D eigenvalue weighted by molar-refractivity contribution is 0.0976. The lowest BCUT2D eigenvalue weighted by Gasteiger charge is -2.11. The third-order valence-electron chi connectivity index (χ3n) is 3.34. The molecule has 4 nitrogen and oxygen atoms in total. The zero-order valence-corrected chi connectivity index (χ0v) is 14.2. The number of phenolic OH excluding ortho intramolecular Hbond substituents is 1. The van der Waals surface area contributed by atoms with Crippen molar-refractivity contribution in [2.45, 2.75) is 38.5 Å². The van der Waals surface area contributed by atoms with Crippen LogP contribution in [0.25, 0.3) is 0 Å². The lowest BCUT2D eigenvalue weighted by atomic mass is 10.0. The summed E-state index contributed by atoms with van der Waals surface area (Å²) in [6.45, 7) is 0. The molecular weight excluding hydrogens is 336 g/mol. The number of rotatable bonds is 10. The van der Waals surface area contributed by atoms with Gasteiger partial charge in [-0.05, 0) is 18.9 Å². The van der Waals surface area contributed by atoms with Crippen LogP contribution in [-0.2, 0) is 0 Å². The minimum Gasteiger partial charge on any atom is -0.507 e. The summed E-state index contributed by atoms with van der Waals surface area (Å²) in [6.07, 6.45) is 5.81. The van der Waals surface area contributed by atoms with E-state index in [0.717, 1.165) is 24.6 Å². The van der Waals surface area contributed by atoms with Crippen LogP contribution in [0.15, 0.2) is 12.1 Å². The van der Waals surface area contributed by atoms with Crippen LogP contribution in [0, 0.1) is 0 Å². The maximum atomic E-state index is 12.2. The fourth-order valence-electron chi connectivity index (χ4n) is 2.14. The Kier molecular flexibility index (Phi) is 8.20. The number of benzene rings is 1. The van der Waals surface area contributed by atoms with Gasteiger partial charge in [-0.15, -0.1) is 0 Å². The standard InChI is InChI=1S/C16H23BrO4/c1-20-15-10-12(14(19)11-16(15)21-2)13(18)8-6-4-3-5-7-9-17/h10-11,19H,3-9H2,1-2H3. The van der Waals surface area contributed by atoms with E-state index < -0.39 is 0 Å². The third kappa shape index (κ3) is 5.58. The number of ether oxygens (including phenoxy) is 2. The Morgan fingerprint density at radius 1 is 1.05 bits per heavy atom. The molecule has 118 valence electrons. The fourth-order valence-corrected chi connectivity index (χ4v) is 2.53. The van der Waals surface area contributed by atoms with Crippen molar-refractivity contribution in [1.29, 1.82) is 0 Å². The van der Waals surface area contributed by atoms with E-state index in [4.69, 9.17) is 9.47 Å². The van der Waals surface area contributed by atoms with E-state index in [0.29, 0.717) is 23.5 Å². The molecule has 0 aliphatic rings. The first-order valence-corrected chi connectivity index (χ1v) is 8.30. The van der Waals surface area contributed by atoms with Gasteiger partial charge in [0.1, 0.15) is 5.75 Å². The maximum Gasteiger partial charge on any atom is 0.166 e. The first kappa shape index (κ1) is 17.8. The average Bonchev–Trinajstić information content (AvgIpc) is 2.50. The van der Waals surface area contributed by atoms with Crippen molar-refractivity contribution < 1.29 is 19.4 Å². The van der Waals surface area contributed by atoms with Gasteiger partial charge >= 0.3 is 0 Å². The third-order valence-corrected chi connectivity index (χ3v) is 3.90. The molecule has 1 aromatic rings. The summed E-state index contributed by atoms with van der Waals surface area (Å²) in [5.41, 5.74) is 0.299. The zero-order chi connectivity index (χ0) is 15.7. The van der Waals surface area contributed by atoms with Crippen LogP contribution in [0.4, 0.5) is 0 Å². The second-order valence-electron chi connectivity index (χ2n) is 4.85. The number of Topliss-reactive ketones (excluding diaryl/α,β-unsaturated/α-hetero) is 1. The van der Waals surface area contributed by atoms with Crippen molar-refractivity contribution in [1.82, 2.24) is 0 Å². The summed E-state index contributed by atoms with van der Waals surface area (Å²) < 4.78 is 10.2. The van der Waals surface area contributed by atoms with Gasteiger partial charge in [-0.25, -0.2) is 0 Å².